The first-order valence-electron chi connectivity index (χ1n) is 4.41. The fourth-order valence-corrected chi connectivity index (χ4v) is 1.44. The summed E-state index contributed by atoms with van der Waals surface area (Å²) in [6.07, 6.45) is -0.558. The highest BCUT2D eigenvalue weighted by atomic mass is 16.5. The summed E-state index contributed by atoms with van der Waals surface area (Å²) >= 11 is 0. The number of rotatable bonds is 2. The van der Waals surface area contributed by atoms with Gasteiger partial charge in [-0.1, -0.05) is 6.92 Å². The van der Waals surface area contributed by atoms with Crippen LogP contribution >= 0.6 is 0 Å². The van der Waals surface area contributed by atoms with Crippen molar-refractivity contribution >= 4 is 6.09 Å². The molecule has 5 nitrogen and oxygen atoms in total. The van der Waals surface area contributed by atoms with E-state index in [9.17, 15) is 4.79 Å². The third kappa shape index (κ3) is 2.32. The molecule has 1 rings (SSSR count). The summed E-state index contributed by atoms with van der Waals surface area (Å²) in [5.74, 6) is 0. The molecule has 0 saturated carbocycles. The second-order valence-electron chi connectivity index (χ2n) is 3.13. The van der Waals surface area contributed by atoms with Crippen molar-refractivity contribution in [2.24, 2.45) is 0 Å². The zero-order chi connectivity index (χ0) is 9.84. The van der Waals surface area contributed by atoms with E-state index in [2.05, 4.69) is 0 Å². The number of aliphatic hydroxyl groups is 1. The van der Waals surface area contributed by atoms with E-state index >= 15 is 0 Å². The van der Waals surface area contributed by atoms with Crippen molar-refractivity contribution in [2.45, 2.75) is 25.5 Å². The van der Waals surface area contributed by atoms with E-state index < -0.39 is 6.09 Å². The molecule has 0 bridgehead atoms. The average molecular weight is 189 g/mol. The summed E-state index contributed by atoms with van der Waals surface area (Å²) in [6, 6.07) is -0.0692. The van der Waals surface area contributed by atoms with Gasteiger partial charge >= 0.3 is 6.09 Å². The van der Waals surface area contributed by atoms with Crippen molar-refractivity contribution < 1.29 is 19.7 Å². The third-order valence-corrected chi connectivity index (χ3v) is 2.29. The Bertz CT molecular complexity index is 185. The minimum atomic E-state index is -0.936. The lowest BCUT2D eigenvalue weighted by atomic mass is 10.1. The molecule has 13 heavy (non-hydrogen) atoms. The van der Waals surface area contributed by atoms with E-state index in [1.54, 1.807) is 0 Å². The Labute approximate surface area is 76.9 Å². The van der Waals surface area contributed by atoms with E-state index in [-0.39, 0.29) is 25.3 Å². The largest absolute Gasteiger partial charge is 0.465 e. The zero-order valence-electron chi connectivity index (χ0n) is 7.64. The van der Waals surface area contributed by atoms with Crippen LogP contribution in [0.1, 0.15) is 13.3 Å². The molecule has 5 heteroatoms. The Morgan fingerprint density at radius 3 is 2.85 bits per heavy atom. The molecule has 0 aromatic rings. The normalized spacial score (nSPS) is 28.9. The molecular weight excluding hydrogens is 174 g/mol. The summed E-state index contributed by atoms with van der Waals surface area (Å²) in [4.78, 5) is 12.1. The first-order valence-corrected chi connectivity index (χ1v) is 4.41. The minimum Gasteiger partial charge on any atom is -0.465 e. The van der Waals surface area contributed by atoms with Crippen LogP contribution in [0.3, 0.4) is 0 Å². The van der Waals surface area contributed by atoms with Gasteiger partial charge in [0, 0.05) is 0 Å². The van der Waals surface area contributed by atoms with Gasteiger partial charge in [0.25, 0.3) is 0 Å². The number of nitrogens with zero attached hydrogens (tertiary/aromatic N) is 1. The topological polar surface area (TPSA) is 70.0 Å². The minimum absolute atomic E-state index is 0.0692. The fraction of sp³-hybridized carbons (Fsp3) is 0.875. The van der Waals surface area contributed by atoms with E-state index in [0.29, 0.717) is 6.61 Å². The highest BCUT2D eigenvalue weighted by Gasteiger charge is 2.30. The highest BCUT2D eigenvalue weighted by molar-refractivity contribution is 5.65. The number of hydrogen-bond acceptors (Lipinski definition) is 3. The predicted octanol–water partition coefficient (Wildman–Crippen LogP) is 0.136. The van der Waals surface area contributed by atoms with Gasteiger partial charge in [-0.25, -0.2) is 4.79 Å². The van der Waals surface area contributed by atoms with Crippen LogP contribution in [0.4, 0.5) is 4.79 Å². The molecule has 2 N–H and O–H groups in total. The van der Waals surface area contributed by atoms with Crippen molar-refractivity contribution in [3.63, 3.8) is 0 Å². The third-order valence-electron chi connectivity index (χ3n) is 2.29. The molecule has 1 aliphatic heterocycles. The maximum absolute atomic E-state index is 10.8. The van der Waals surface area contributed by atoms with Gasteiger partial charge in [-0.05, 0) is 6.42 Å². The van der Waals surface area contributed by atoms with Gasteiger partial charge in [-0.3, -0.25) is 0 Å². The Hall–Kier alpha value is -0.810. The first kappa shape index (κ1) is 10.3. The average Bonchev–Trinajstić information content (AvgIpc) is 2.16. The maximum Gasteiger partial charge on any atom is 0.407 e. The summed E-state index contributed by atoms with van der Waals surface area (Å²) in [5.41, 5.74) is 0. The summed E-state index contributed by atoms with van der Waals surface area (Å²) in [5, 5.41) is 17.6. The predicted molar refractivity (Wildman–Crippen MR) is 45.6 cm³/mol. The Morgan fingerprint density at radius 1 is 1.69 bits per heavy atom. The Balaban J connectivity index is 2.57. The number of amides is 1. The molecule has 1 heterocycles. The van der Waals surface area contributed by atoms with Gasteiger partial charge in [0.2, 0.25) is 0 Å². The van der Waals surface area contributed by atoms with Crippen molar-refractivity contribution in [2.75, 3.05) is 19.8 Å². The molecule has 0 unspecified atom stereocenters. The molecule has 0 aromatic heterocycles. The van der Waals surface area contributed by atoms with E-state index in [1.165, 1.54) is 4.90 Å². The molecule has 1 fully saturated rings. The monoisotopic (exact) mass is 189 g/mol. The Kier molecular flexibility index (Phi) is 3.50. The van der Waals surface area contributed by atoms with Crippen LogP contribution in [0.2, 0.25) is 0 Å². The van der Waals surface area contributed by atoms with Crippen molar-refractivity contribution in [3.05, 3.63) is 0 Å². The number of aliphatic hydroxyl groups excluding tert-OH is 1. The second kappa shape index (κ2) is 4.43. The van der Waals surface area contributed by atoms with Crippen LogP contribution in [0, 0.1) is 0 Å². The van der Waals surface area contributed by atoms with Gasteiger partial charge < -0.3 is 19.8 Å². The number of carbonyl (C=O) groups is 1. The smallest absolute Gasteiger partial charge is 0.407 e. The fourth-order valence-electron chi connectivity index (χ4n) is 1.44. The quantitative estimate of drug-likeness (QED) is 0.648. The van der Waals surface area contributed by atoms with Crippen LogP contribution in [-0.4, -0.2) is 53.1 Å². The van der Waals surface area contributed by atoms with Crippen LogP contribution < -0.4 is 0 Å². The van der Waals surface area contributed by atoms with Gasteiger partial charge in [0.15, 0.2) is 0 Å². The molecule has 0 aromatic carbocycles. The van der Waals surface area contributed by atoms with Gasteiger partial charge in [-0.15, -0.1) is 0 Å². The van der Waals surface area contributed by atoms with Crippen LogP contribution in [0.5, 0.6) is 0 Å². The van der Waals surface area contributed by atoms with Crippen LogP contribution in [0.15, 0.2) is 0 Å². The zero-order valence-corrected chi connectivity index (χ0v) is 7.64. The summed E-state index contributed by atoms with van der Waals surface area (Å²) in [7, 11) is 0. The van der Waals surface area contributed by atoms with Gasteiger partial charge in [-0.2, -0.15) is 0 Å². The first-order chi connectivity index (χ1) is 6.19. The molecule has 2 atom stereocenters. The second-order valence-corrected chi connectivity index (χ2v) is 3.13. The van der Waals surface area contributed by atoms with Crippen molar-refractivity contribution in [1.29, 1.82) is 0 Å². The van der Waals surface area contributed by atoms with Crippen LogP contribution in [0.25, 0.3) is 0 Å². The number of ether oxygens (including phenoxy) is 1. The van der Waals surface area contributed by atoms with Crippen molar-refractivity contribution in [3.8, 4) is 0 Å². The van der Waals surface area contributed by atoms with E-state index in [0.717, 1.165) is 6.42 Å². The molecule has 1 aliphatic rings. The maximum atomic E-state index is 10.8. The molecular formula is C8H15NO4. The lowest BCUT2D eigenvalue weighted by Gasteiger charge is -2.36. The van der Waals surface area contributed by atoms with E-state index in [1.807, 2.05) is 6.92 Å². The number of hydrogen-bond donors (Lipinski definition) is 2. The molecule has 0 spiro atoms. The molecule has 0 aliphatic carbocycles. The lowest BCUT2D eigenvalue weighted by molar-refractivity contribution is -0.0735. The summed E-state index contributed by atoms with van der Waals surface area (Å²) in [6.45, 7) is 2.45. The van der Waals surface area contributed by atoms with Crippen molar-refractivity contribution in [1.82, 2.24) is 4.90 Å². The molecule has 76 valence electrons. The molecule has 0 radical (unpaired) electrons. The molecule has 1 saturated heterocycles. The number of carboxylic acid groups (broad SMARTS) is 1. The van der Waals surface area contributed by atoms with Gasteiger partial charge in [0.05, 0.1) is 31.9 Å². The van der Waals surface area contributed by atoms with Gasteiger partial charge in [0.1, 0.15) is 0 Å². The molecule has 1 amide bonds. The SMILES string of the molecule is CC[C@@H]1CO[C@H](CO)CN1C(=O)O. The summed E-state index contributed by atoms with van der Waals surface area (Å²) < 4.78 is 5.26. The number of morpholine rings is 1. The lowest BCUT2D eigenvalue weighted by Crippen LogP contribution is -2.52. The van der Waals surface area contributed by atoms with Crippen LogP contribution in [-0.2, 0) is 4.74 Å². The highest BCUT2D eigenvalue weighted by Crippen LogP contribution is 2.14. The van der Waals surface area contributed by atoms with E-state index in [4.69, 9.17) is 14.9 Å². The Morgan fingerprint density at radius 2 is 2.38 bits per heavy atom. The standard InChI is InChI=1S/C8H15NO4/c1-2-6-5-13-7(4-10)3-9(6)8(11)12/h6-7,10H,2-5H2,1H3,(H,11,12)/t6-,7+/m1/s1.